The molecule has 5 heteroatoms. The van der Waals surface area contributed by atoms with Crippen molar-refractivity contribution in [3.63, 3.8) is 0 Å². The highest BCUT2D eigenvalue weighted by Gasteiger charge is 2.35. The highest BCUT2D eigenvalue weighted by Crippen LogP contribution is 2.29. The third-order valence-electron chi connectivity index (χ3n) is 5.19. The number of anilines is 3. The van der Waals surface area contributed by atoms with Gasteiger partial charge in [0.2, 0.25) is 11.8 Å². The van der Waals surface area contributed by atoms with Gasteiger partial charge in [-0.05, 0) is 43.2 Å². The summed E-state index contributed by atoms with van der Waals surface area (Å²) < 4.78 is 0. The Hall–Kier alpha value is -2.82. The van der Waals surface area contributed by atoms with Crippen LogP contribution in [-0.2, 0) is 16.0 Å². The summed E-state index contributed by atoms with van der Waals surface area (Å²) in [6.07, 6.45) is 1.10. The van der Waals surface area contributed by atoms with E-state index in [0.29, 0.717) is 6.54 Å². The van der Waals surface area contributed by atoms with Crippen LogP contribution in [0.2, 0.25) is 0 Å². The second-order valence-electron chi connectivity index (χ2n) is 6.94. The number of amides is 2. The molecule has 0 aliphatic carbocycles. The number of rotatable bonds is 6. The Morgan fingerprint density at radius 1 is 1.19 bits per heavy atom. The summed E-state index contributed by atoms with van der Waals surface area (Å²) >= 11 is 0. The van der Waals surface area contributed by atoms with Gasteiger partial charge in [-0.3, -0.25) is 9.59 Å². The number of hydrogen-bond donors (Lipinski definition) is 1. The van der Waals surface area contributed by atoms with Gasteiger partial charge in [-0.1, -0.05) is 31.2 Å². The molecule has 1 saturated heterocycles. The van der Waals surface area contributed by atoms with Gasteiger partial charge in [-0.2, -0.15) is 0 Å². The zero-order chi connectivity index (χ0) is 19.4. The van der Waals surface area contributed by atoms with E-state index in [1.165, 1.54) is 0 Å². The molecule has 2 amide bonds. The van der Waals surface area contributed by atoms with Crippen molar-refractivity contribution in [2.24, 2.45) is 5.92 Å². The van der Waals surface area contributed by atoms with Crippen LogP contribution in [0, 0.1) is 5.92 Å². The van der Waals surface area contributed by atoms with Gasteiger partial charge < -0.3 is 15.1 Å². The molecule has 0 radical (unpaired) electrons. The monoisotopic (exact) mass is 365 g/mol. The summed E-state index contributed by atoms with van der Waals surface area (Å²) in [6.45, 7) is 5.47. The van der Waals surface area contributed by atoms with Crippen LogP contribution in [0.4, 0.5) is 17.1 Å². The first-order valence-electron chi connectivity index (χ1n) is 9.53. The topological polar surface area (TPSA) is 52.7 Å². The van der Waals surface area contributed by atoms with Crippen LogP contribution < -0.4 is 15.1 Å². The maximum absolute atomic E-state index is 12.7. The van der Waals surface area contributed by atoms with Crippen molar-refractivity contribution < 1.29 is 9.59 Å². The van der Waals surface area contributed by atoms with Gasteiger partial charge in [0.05, 0.1) is 5.92 Å². The van der Waals surface area contributed by atoms with Crippen LogP contribution >= 0.6 is 0 Å². The molecule has 1 aliphatic heterocycles. The van der Waals surface area contributed by atoms with E-state index < -0.39 is 0 Å². The van der Waals surface area contributed by atoms with E-state index in [0.717, 1.165) is 35.6 Å². The minimum Gasteiger partial charge on any atom is -0.375 e. The molecule has 1 unspecified atom stereocenters. The quantitative estimate of drug-likeness (QED) is 0.849. The van der Waals surface area contributed by atoms with Gasteiger partial charge in [0, 0.05) is 43.6 Å². The van der Waals surface area contributed by atoms with E-state index in [-0.39, 0.29) is 24.2 Å². The lowest BCUT2D eigenvalue weighted by Crippen LogP contribution is -2.28. The normalized spacial score (nSPS) is 16.5. The summed E-state index contributed by atoms with van der Waals surface area (Å²) in [5, 5.41) is 2.98. The smallest absolute Gasteiger partial charge is 0.229 e. The van der Waals surface area contributed by atoms with Crippen molar-refractivity contribution in [2.75, 3.05) is 35.3 Å². The van der Waals surface area contributed by atoms with Gasteiger partial charge in [0.15, 0.2) is 0 Å². The Morgan fingerprint density at radius 2 is 1.96 bits per heavy atom. The summed E-state index contributed by atoms with van der Waals surface area (Å²) in [5.74, 6) is -0.429. The molecule has 0 saturated carbocycles. The summed E-state index contributed by atoms with van der Waals surface area (Å²) in [6, 6.07) is 15.7. The molecule has 0 spiro atoms. The third-order valence-corrected chi connectivity index (χ3v) is 5.19. The average Bonchev–Trinajstić information content (AvgIpc) is 3.09. The first-order chi connectivity index (χ1) is 13.0. The van der Waals surface area contributed by atoms with Gasteiger partial charge in [0.1, 0.15) is 0 Å². The number of nitrogens with zero attached hydrogens (tertiary/aromatic N) is 2. The molecule has 1 N–H and O–H groups in total. The Balaban J connectivity index is 1.71. The lowest BCUT2D eigenvalue weighted by Gasteiger charge is -2.20. The minimum atomic E-state index is -0.338. The van der Waals surface area contributed by atoms with Crippen LogP contribution in [0.5, 0.6) is 0 Å². The second kappa shape index (κ2) is 8.25. The maximum Gasteiger partial charge on any atom is 0.229 e. The van der Waals surface area contributed by atoms with E-state index in [1.54, 1.807) is 4.90 Å². The predicted octanol–water partition coefficient (Wildman–Crippen LogP) is 3.70. The van der Waals surface area contributed by atoms with Gasteiger partial charge in [-0.25, -0.2) is 0 Å². The van der Waals surface area contributed by atoms with E-state index in [2.05, 4.69) is 24.1 Å². The van der Waals surface area contributed by atoms with Crippen molar-refractivity contribution in [3.8, 4) is 0 Å². The Labute approximate surface area is 161 Å². The van der Waals surface area contributed by atoms with Crippen LogP contribution in [0.25, 0.3) is 0 Å². The molecule has 2 aromatic rings. The second-order valence-corrected chi connectivity index (χ2v) is 6.94. The van der Waals surface area contributed by atoms with Crippen molar-refractivity contribution in [3.05, 3.63) is 54.1 Å². The summed E-state index contributed by atoms with van der Waals surface area (Å²) in [4.78, 5) is 29.1. The number of nitrogens with one attached hydrogen (secondary N) is 1. The highest BCUT2D eigenvalue weighted by molar-refractivity contribution is 6.04. The minimum absolute atomic E-state index is 0.00974. The van der Waals surface area contributed by atoms with E-state index in [1.807, 2.05) is 55.6 Å². The first-order valence-corrected chi connectivity index (χ1v) is 9.53. The van der Waals surface area contributed by atoms with Gasteiger partial charge >= 0.3 is 0 Å². The number of aryl methyl sites for hydroxylation is 1. The number of carbonyl (C=O) groups excluding carboxylic acids is 2. The molecule has 1 heterocycles. The van der Waals surface area contributed by atoms with Crippen LogP contribution in [-0.4, -0.2) is 32.0 Å². The summed E-state index contributed by atoms with van der Waals surface area (Å²) in [5.41, 5.74) is 3.86. The fourth-order valence-electron chi connectivity index (χ4n) is 3.44. The fourth-order valence-corrected chi connectivity index (χ4v) is 3.44. The first kappa shape index (κ1) is 19.0. The molecule has 1 fully saturated rings. The zero-order valence-electron chi connectivity index (χ0n) is 16.2. The molecule has 0 aromatic heterocycles. The lowest BCUT2D eigenvalue weighted by molar-refractivity contribution is -0.122. The van der Waals surface area contributed by atoms with E-state index in [9.17, 15) is 9.59 Å². The molecule has 2 aromatic carbocycles. The molecule has 1 atom stereocenters. The summed E-state index contributed by atoms with van der Waals surface area (Å²) in [7, 11) is 2.01. The number of hydrogen-bond acceptors (Lipinski definition) is 3. The molecule has 142 valence electrons. The van der Waals surface area contributed by atoms with E-state index in [4.69, 9.17) is 0 Å². The molecule has 3 rings (SSSR count). The molecular weight excluding hydrogens is 338 g/mol. The highest BCUT2D eigenvalue weighted by atomic mass is 16.2. The molecular formula is C22H27N3O2. The van der Waals surface area contributed by atoms with Crippen LogP contribution in [0.3, 0.4) is 0 Å². The lowest BCUT2D eigenvalue weighted by atomic mass is 10.1. The Morgan fingerprint density at radius 3 is 2.70 bits per heavy atom. The molecule has 27 heavy (non-hydrogen) atoms. The van der Waals surface area contributed by atoms with Crippen LogP contribution in [0.1, 0.15) is 25.8 Å². The van der Waals surface area contributed by atoms with Crippen molar-refractivity contribution in [1.29, 1.82) is 0 Å². The fraction of sp³-hybridized carbons (Fsp3) is 0.364. The van der Waals surface area contributed by atoms with Crippen LogP contribution in [0.15, 0.2) is 48.5 Å². The Kier molecular flexibility index (Phi) is 5.79. The van der Waals surface area contributed by atoms with Crippen molar-refractivity contribution in [2.45, 2.75) is 26.7 Å². The number of carbonyl (C=O) groups is 2. The van der Waals surface area contributed by atoms with Gasteiger partial charge in [0.25, 0.3) is 0 Å². The zero-order valence-corrected chi connectivity index (χ0v) is 16.2. The van der Waals surface area contributed by atoms with Gasteiger partial charge in [-0.15, -0.1) is 0 Å². The van der Waals surface area contributed by atoms with Crippen molar-refractivity contribution >= 4 is 28.9 Å². The molecule has 5 nitrogen and oxygen atoms in total. The Bertz CT molecular complexity index is 834. The third kappa shape index (κ3) is 4.13. The average molecular weight is 365 g/mol. The van der Waals surface area contributed by atoms with E-state index >= 15 is 0 Å². The standard InChI is InChI=1S/C22H27N3O2/c1-4-16-9-6-7-12-20(16)25-15-17(13-21(25)26)22(27)23-18-10-8-11-19(14-18)24(3)5-2/h6-12,14,17H,4-5,13,15H2,1-3H3,(H,23,27). The maximum atomic E-state index is 12.7. The molecule has 1 aliphatic rings. The SMILES string of the molecule is CCc1ccccc1N1CC(C(=O)Nc2cccc(N(C)CC)c2)CC1=O. The van der Waals surface area contributed by atoms with Crippen molar-refractivity contribution in [1.82, 2.24) is 0 Å². The largest absolute Gasteiger partial charge is 0.375 e. The number of benzene rings is 2. The predicted molar refractivity (Wildman–Crippen MR) is 110 cm³/mol. The number of para-hydroxylation sites is 1. The molecule has 0 bridgehead atoms.